The third-order valence-corrected chi connectivity index (χ3v) is 15.0. The molecule has 2 aliphatic heterocycles. The first-order valence-corrected chi connectivity index (χ1v) is 29.5. The van der Waals surface area contributed by atoms with Crippen LogP contribution in [-0.4, -0.2) is 74.6 Å². The molecule has 2 heterocycles. The van der Waals surface area contributed by atoms with E-state index in [0.29, 0.717) is 37.9 Å². The van der Waals surface area contributed by atoms with Crippen molar-refractivity contribution in [2.75, 3.05) is 13.2 Å². The maximum Gasteiger partial charge on any atom is 0.229 e. The van der Waals surface area contributed by atoms with Crippen LogP contribution in [0.2, 0.25) is 0 Å². The number of ether oxygens (including phenoxy) is 12. The lowest BCUT2D eigenvalue weighted by Crippen LogP contribution is -2.62. The van der Waals surface area contributed by atoms with Crippen LogP contribution in [0.15, 0.2) is 267 Å². The zero-order valence-corrected chi connectivity index (χ0v) is 48.1. The molecule has 2 saturated heterocycles. The average Bonchev–Trinajstić information content (AvgIpc) is 3.28. The van der Waals surface area contributed by atoms with Crippen LogP contribution in [0.5, 0.6) is 11.5 Å². The Morgan fingerprint density at radius 3 is 0.674 bits per heavy atom. The van der Waals surface area contributed by atoms with Crippen LogP contribution >= 0.6 is 0 Å². The molecule has 2 aliphatic rings. The van der Waals surface area contributed by atoms with Crippen molar-refractivity contribution in [1.82, 2.24) is 0 Å². The largest absolute Gasteiger partial charge is 0.462 e. The van der Waals surface area contributed by atoms with Gasteiger partial charge in [0.25, 0.3) is 0 Å². The molecule has 11 rings (SSSR count). The molecule has 10 atom stereocenters. The highest BCUT2D eigenvalue weighted by Gasteiger charge is 2.51. The maximum atomic E-state index is 7.06. The minimum Gasteiger partial charge on any atom is -0.462 e. The fourth-order valence-electron chi connectivity index (χ4n) is 10.5. The molecule has 0 amide bonds. The lowest BCUT2D eigenvalue weighted by molar-refractivity contribution is -0.310. The quantitative estimate of drug-likeness (QED) is 0.0427. The molecule has 0 radical (unpaired) electrons. The van der Waals surface area contributed by atoms with E-state index in [0.717, 1.165) is 44.5 Å². The second-order valence-electron chi connectivity index (χ2n) is 21.4. The molecular weight excluding hydrogens is 1080 g/mol. The van der Waals surface area contributed by atoms with Gasteiger partial charge >= 0.3 is 0 Å². The summed E-state index contributed by atoms with van der Waals surface area (Å²) in [5.74, 6) is 0.995. The van der Waals surface area contributed by atoms with Gasteiger partial charge < -0.3 is 56.8 Å². The molecule has 442 valence electrons. The summed E-state index contributed by atoms with van der Waals surface area (Å²) in [6.07, 6.45) is -7.51. The van der Waals surface area contributed by atoms with Gasteiger partial charge in [-0.1, -0.05) is 243 Å². The van der Waals surface area contributed by atoms with Gasteiger partial charge in [0.2, 0.25) is 12.6 Å². The van der Waals surface area contributed by atoms with Crippen LogP contribution < -0.4 is 9.47 Å². The smallest absolute Gasteiger partial charge is 0.229 e. The summed E-state index contributed by atoms with van der Waals surface area (Å²) in [4.78, 5) is 0. The number of hydrogen-bond acceptors (Lipinski definition) is 12. The Morgan fingerprint density at radius 1 is 0.221 bits per heavy atom. The van der Waals surface area contributed by atoms with Gasteiger partial charge in [-0.2, -0.15) is 0 Å². The molecular formula is C74H74O12. The van der Waals surface area contributed by atoms with Crippen molar-refractivity contribution in [3.63, 3.8) is 0 Å². The molecule has 0 unspecified atom stereocenters. The highest BCUT2D eigenvalue weighted by Crippen LogP contribution is 2.36. The van der Waals surface area contributed by atoms with E-state index < -0.39 is 61.4 Å². The molecule has 0 N–H and O–H groups in total. The van der Waals surface area contributed by atoms with Crippen molar-refractivity contribution in [3.05, 3.63) is 311 Å². The van der Waals surface area contributed by atoms with Crippen LogP contribution in [0.3, 0.4) is 0 Å². The third-order valence-electron chi connectivity index (χ3n) is 15.0. The normalized spacial score (nSPS) is 22.0. The van der Waals surface area contributed by atoms with Crippen LogP contribution in [0.25, 0.3) is 0 Å². The topological polar surface area (TPSA) is 111 Å². The number of hydrogen-bond donors (Lipinski definition) is 0. The summed E-state index contributed by atoms with van der Waals surface area (Å²) in [5, 5.41) is 0. The van der Waals surface area contributed by atoms with Gasteiger partial charge in [0.05, 0.1) is 66.1 Å². The second kappa shape index (κ2) is 32.1. The molecule has 9 aromatic carbocycles. The Labute approximate surface area is 505 Å². The van der Waals surface area contributed by atoms with Crippen molar-refractivity contribution in [2.24, 2.45) is 0 Å². The zero-order chi connectivity index (χ0) is 58.2. The molecule has 0 saturated carbocycles. The van der Waals surface area contributed by atoms with Crippen molar-refractivity contribution < 1.29 is 56.8 Å². The van der Waals surface area contributed by atoms with Gasteiger partial charge in [0.15, 0.2) is 0 Å². The predicted molar refractivity (Wildman–Crippen MR) is 327 cm³/mol. The Balaban J connectivity index is 0.895. The summed E-state index contributed by atoms with van der Waals surface area (Å²) >= 11 is 0. The molecule has 12 nitrogen and oxygen atoms in total. The lowest BCUT2D eigenvalue weighted by atomic mass is 9.97. The van der Waals surface area contributed by atoms with Crippen LogP contribution in [0.1, 0.15) is 44.5 Å². The van der Waals surface area contributed by atoms with Crippen molar-refractivity contribution >= 4 is 0 Å². The maximum absolute atomic E-state index is 7.06. The summed E-state index contributed by atoms with van der Waals surface area (Å²) in [7, 11) is 0. The fraction of sp³-hybridized carbons (Fsp3) is 0.270. The fourth-order valence-corrected chi connectivity index (χ4v) is 10.5. The molecule has 9 aromatic rings. The summed E-state index contributed by atoms with van der Waals surface area (Å²) in [6.45, 7) is 2.80. The van der Waals surface area contributed by atoms with E-state index in [-0.39, 0.29) is 39.6 Å². The standard InChI is InChI=1S/C74H74O12/c1-9-25-55(26-10-1)45-75-53-65-67(77-47-57-29-13-3-14-30-57)69(79-49-59-33-17-5-18-34-59)71(81-51-61-37-21-7-22-38-61)73(85-65)83-63-41-43-64(44-42-63)84-74-72(82-52-62-39-23-8-24-40-62)70(80-50-60-35-19-6-20-36-60)68(78-48-58-31-15-4-16-32-58)66(86-74)54-76-46-56-27-11-2-12-28-56/h1-44,65-74H,45-54H2/t65-,66-,67-,68-,69+,70+,71-,72-,73-,74-/m1/s1. The molecule has 0 aliphatic carbocycles. The van der Waals surface area contributed by atoms with E-state index in [1.807, 2.05) is 267 Å². The van der Waals surface area contributed by atoms with Crippen LogP contribution in [-0.2, 0) is 100 Å². The molecule has 0 bridgehead atoms. The molecule has 12 heteroatoms. The van der Waals surface area contributed by atoms with Gasteiger partial charge in [-0.05, 0) is 68.8 Å². The Hall–Kier alpha value is -7.82. The molecule has 0 spiro atoms. The highest BCUT2D eigenvalue weighted by molar-refractivity contribution is 5.32. The van der Waals surface area contributed by atoms with Gasteiger partial charge in [-0.25, -0.2) is 0 Å². The van der Waals surface area contributed by atoms with Crippen molar-refractivity contribution in [2.45, 2.75) is 114 Å². The first kappa shape index (κ1) is 59.9. The monoisotopic (exact) mass is 1150 g/mol. The molecule has 86 heavy (non-hydrogen) atoms. The Kier molecular flexibility index (Phi) is 22.3. The van der Waals surface area contributed by atoms with E-state index in [1.165, 1.54) is 0 Å². The van der Waals surface area contributed by atoms with E-state index in [1.54, 1.807) is 0 Å². The minimum atomic E-state index is -0.988. The van der Waals surface area contributed by atoms with Crippen molar-refractivity contribution in [3.8, 4) is 11.5 Å². The van der Waals surface area contributed by atoms with Gasteiger partial charge in [0, 0.05) is 0 Å². The van der Waals surface area contributed by atoms with Gasteiger partial charge in [-0.3, -0.25) is 0 Å². The Bertz CT molecular complexity index is 3060. The predicted octanol–water partition coefficient (Wildman–Crippen LogP) is 13.8. The third kappa shape index (κ3) is 17.7. The highest BCUT2D eigenvalue weighted by atomic mass is 16.7. The van der Waals surface area contributed by atoms with Crippen LogP contribution in [0, 0.1) is 0 Å². The lowest BCUT2D eigenvalue weighted by Gasteiger charge is -2.46. The molecule has 0 aromatic heterocycles. The Morgan fingerprint density at radius 2 is 0.430 bits per heavy atom. The van der Waals surface area contributed by atoms with Crippen molar-refractivity contribution in [1.29, 1.82) is 0 Å². The second-order valence-corrected chi connectivity index (χ2v) is 21.4. The minimum absolute atomic E-state index is 0.180. The van der Waals surface area contributed by atoms with Gasteiger partial charge in [-0.15, -0.1) is 0 Å². The average molecular weight is 1160 g/mol. The summed E-state index contributed by atoms with van der Waals surface area (Å²) in [5.41, 5.74) is 8.03. The zero-order valence-electron chi connectivity index (χ0n) is 48.1. The number of benzene rings is 9. The first-order valence-electron chi connectivity index (χ1n) is 29.5. The van der Waals surface area contributed by atoms with E-state index in [4.69, 9.17) is 56.8 Å². The first-order chi connectivity index (χ1) is 42.6. The van der Waals surface area contributed by atoms with E-state index >= 15 is 0 Å². The SMILES string of the molecule is c1ccc(COC[C@H]2O[C@@H](Oc3ccc(O[C@@H]4O[C@H](COCc5ccccc5)[C@@H](OCc5ccccc5)[C@H](OCc5ccccc5)[C@H]4OCc4ccccc4)cc3)[C@H](OCc3ccccc3)[C@@H](OCc3ccccc3)[C@@H]2OCc2ccccc2)cc1. The summed E-state index contributed by atoms with van der Waals surface area (Å²) < 4.78 is 82.7. The number of rotatable bonds is 30. The molecule has 2 fully saturated rings. The van der Waals surface area contributed by atoms with Crippen LogP contribution in [0.4, 0.5) is 0 Å². The van der Waals surface area contributed by atoms with Gasteiger partial charge in [0.1, 0.15) is 60.3 Å². The van der Waals surface area contributed by atoms with E-state index in [9.17, 15) is 0 Å². The summed E-state index contributed by atoms with van der Waals surface area (Å²) in [6, 6.07) is 88.0. The van der Waals surface area contributed by atoms with E-state index in [2.05, 4.69) is 0 Å².